The average Bonchev–Trinajstić information content (AvgIpc) is 2.63. The maximum atomic E-state index is 5.81. The van der Waals surface area contributed by atoms with E-state index < -0.39 is 0 Å². The summed E-state index contributed by atoms with van der Waals surface area (Å²) in [4.78, 5) is 0. The van der Waals surface area contributed by atoms with Crippen molar-refractivity contribution in [1.29, 1.82) is 0 Å². The second kappa shape index (κ2) is 5.59. The fraction of sp³-hybridized carbons (Fsp3) is 0.286. The van der Waals surface area contributed by atoms with Gasteiger partial charge in [0.1, 0.15) is 11.5 Å². The Morgan fingerprint density at radius 1 is 1.17 bits per heavy atom. The minimum atomic E-state index is 0.0554. The fourth-order valence-corrected chi connectivity index (χ4v) is 3.21. The first-order chi connectivity index (χ1) is 8.52. The fourth-order valence-electron chi connectivity index (χ4n) is 1.93. The van der Waals surface area contributed by atoms with Gasteiger partial charge in [0.05, 0.1) is 6.04 Å². The summed E-state index contributed by atoms with van der Waals surface area (Å²) >= 11 is 7.06. The van der Waals surface area contributed by atoms with Gasteiger partial charge in [0.2, 0.25) is 0 Å². The van der Waals surface area contributed by atoms with Crippen LogP contribution in [0.5, 0.6) is 0 Å². The van der Waals surface area contributed by atoms with E-state index in [2.05, 4.69) is 56.2 Å². The standard InChI is InChI=1S/C14H15Br2NO/c1-8-6-13(18-9(8)2)14(17-3)11-5-4-10(15)7-12(11)16/h4-7,14,17H,1-3H3. The van der Waals surface area contributed by atoms with Gasteiger partial charge in [0, 0.05) is 8.95 Å². The molecule has 96 valence electrons. The third kappa shape index (κ3) is 2.71. The van der Waals surface area contributed by atoms with E-state index in [1.807, 2.05) is 26.1 Å². The van der Waals surface area contributed by atoms with Crippen LogP contribution in [0.3, 0.4) is 0 Å². The Labute approximate surface area is 124 Å². The molecule has 0 aliphatic rings. The molecule has 1 unspecified atom stereocenters. The van der Waals surface area contributed by atoms with Crippen LogP contribution in [0.4, 0.5) is 0 Å². The maximum Gasteiger partial charge on any atom is 0.125 e. The highest BCUT2D eigenvalue weighted by Gasteiger charge is 2.19. The van der Waals surface area contributed by atoms with E-state index in [1.54, 1.807) is 0 Å². The molecule has 0 aliphatic heterocycles. The van der Waals surface area contributed by atoms with Gasteiger partial charge in [-0.3, -0.25) is 0 Å². The Kier molecular flexibility index (Phi) is 4.30. The Bertz CT molecular complexity index is 543. The highest BCUT2D eigenvalue weighted by atomic mass is 79.9. The average molecular weight is 373 g/mol. The van der Waals surface area contributed by atoms with Gasteiger partial charge in [-0.2, -0.15) is 0 Å². The summed E-state index contributed by atoms with van der Waals surface area (Å²) < 4.78 is 7.93. The van der Waals surface area contributed by atoms with Crippen molar-refractivity contribution in [3.8, 4) is 0 Å². The van der Waals surface area contributed by atoms with Crippen LogP contribution in [0.2, 0.25) is 0 Å². The number of nitrogens with one attached hydrogen (secondary N) is 1. The molecular weight excluding hydrogens is 358 g/mol. The van der Waals surface area contributed by atoms with E-state index in [4.69, 9.17) is 4.42 Å². The van der Waals surface area contributed by atoms with Gasteiger partial charge >= 0.3 is 0 Å². The predicted molar refractivity (Wildman–Crippen MR) is 80.9 cm³/mol. The Balaban J connectivity index is 2.45. The highest BCUT2D eigenvalue weighted by molar-refractivity contribution is 9.11. The lowest BCUT2D eigenvalue weighted by Crippen LogP contribution is -2.17. The molecule has 0 saturated carbocycles. The Morgan fingerprint density at radius 3 is 2.39 bits per heavy atom. The maximum absolute atomic E-state index is 5.81. The van der Waals surface area contributed by atoms with E-state index in [1.165, 1.54) is 5.56 Å². The Morgan fingerprint density at radius 2 is 1.89 bits per heavy atom. The molecule has 0 spiro atoms. The molecule has 2 aromatic rings. The molecule has 2 rings (SSSR count). The first-order valence-electron chi connectivity index (χ1n) is 5.72. The predicted octanol–water partition coefficient (Wildman–Crippen LogP) is 4.73. The van der Waals surface area contributed by atoms with Crippen molar-refractivity contribution < 1.29 is 4.42 Å². The van der Waals surface area contributed by atoms with Crippen molar-refractivity contribution in [2.24, 2.45) is 0 Å². The van der Waals surface area contributed by atoms with Crippen molar-refractivity contribution in [3.05, 3.63) is 55.9 Å². The van der Waals surface area contributed by atoms with Crippen LogP contribution < -0.4 is 5.32 Å². The lowest BCUT2D eigenvalue weighted by Gasteiger charge is -2.16. The quantitative estimate of drug-likeness (QED) is 0.842. The molecule has 2 nitrogen and oxygen atoms in total. The molecule has 1 aromatic carbocycles. The second-order valence-electron chi connectivity index (χ2n) is 4.28. The van der Waals surface area contributed by atoms with Crippen molar-refractivity contribution in [1.82, 2.24) is 5.32 Å². The summed E-state index contributed by atoms with van der Waals surface area (Å²) in [5.74, 6) is 1.91. The lowest BCUT2D eigenvalue weighted by molar-refractivity contribution is 0.442. The minimum absolute atomic E-state index is 0.0554. The monoisotopic (exact) mass is 371 g/mol. The molecule has 1 atom stereocenters. The molecule has 1 aromatic heterocycles. The SMILES string of the molecule is CNC(c1cc(C)c(C)o1)c1ccc(Br)cc1Br. The smallest absolute Gasteiger partial charge is 0.125 e. The first kappa shape index (κ1) is 13.8. The number of hydrogen-bond acceptors (Lipinski definition) is 2. The van der Waals surface area contributed by atoms with Crippen LogP contribution in [-0.2, 0) is 0 Å². The zero-order valence-electron chi connectivity index (χ0n) is 10.6. The topological polar surface area (TPSA) is 25.2 Å². The van der Waals surface area contributed by atoms with E-state index in [-0.39, 0.29) is 6.04 Å². The molecule has 0 radical (unpaired) electrons. The summed E-state index contributed by atoms with van der Waals surface area (Å²) in [6.07, 6.45) is 0. The van der Waals surface area contributed by atoms with Crippen LogP contribution in [0, 0.1) is 13.8 Å². The molecule has 0 bridgehead atoms. The van der Waals surface area contributed by atoms with Crippen molar-refractivity contribution in [3.63, 3.8) is 0 Å². The van der Waals surface area contributed by atoms with E-state index in [0.717, 1.165) is 26.0 Å². The second-order valence-corrected chi connectivity index (χ2v) is 6.05. The summed E-state index contributed by atoms with van der Waals surface area (Å²) in [5, 5.41) is 3.30. The molecule has 1 N–H and O–H groups in total. The Hall–Kier alpha value is -0.580. The lowest BCUT2D eigenvalue weighted by atomic mass is 10.0. The number of benzene rings is 1. The van der Waals surface area contributed by atoms with Crippen LogP contribution in [-0.4, -0.2) is 7.05 Å². The van der Waals surface area contributed by atoms with Gasteiger partial charge < -0.3 is 9.73 Å². The summed E-state index contributed by atoms with van der Waals surface area (Å²) in [6, 6.07) is 8.31. The van der Waals surface area contributed by atoms with E-state index in [9.17, 15) is 0 Å². The van der Waals surface area contributed by atoms with Gasteiger partial charge in [0.25, 0.3) is 0 Å². The summed E-state index contributed by atoms with van der Waals surface area (Å²) in [7, 11) is 1.94. The third-order valence-electron chi connectivity index (χ3n) is 3.03. The van der Waals surface area contributed by atoms with Gasteiger partial charge in [-0.15, -0.1) is 0 Å². The van der Waals surface area contributed by atoms with Gasteiger partial charge in [-0.1, -0.05) is 37.9 Å². The van der Waals surface area contributed by atoms with Gasteiger partial charge in [0.15, 0.2) is 0 Å². The zero-order valence-corrected chi connectivity index (χ0v) is 13.7. The highest BCUT2D eigenvalue weighted by Crippen LogP contribution is 2.32. The largest absolute Gasteiger partial charge is 0.464 e. The molecule has 0 fully saturated rings. The molecule has 0 amide bonds. The van der Waals surface area contributed by atoms with Crippen LogP contribution >= 0.6 is 31.9 Å². The molecule has 18 heavy (non-hydrogen) atoms. The molecule has 4 heteroatoms. The van der Waals surface area contributed by atoms with Crippen LogP contribution in [0.25, 0.3) is 0 Å². The minimum Gasteiger partial charge on any atom is -0.464 e. The number of halogens is 2. The van der Waals surface area contributed by atoms with Gasteiger partial charge in [-0.05, 0) is 50.2 Å². The van der Waals surface area contributed by atoms with E-state index >= 15 is 0 Å². The number of hydrogen-bond donors (Lipinski definition) is 1. The number of aryl methyl sites for hydroxylation is 2. The molecular formula is C14H15Br2NO. The third-order valence-corrected chi connectivity index (χ3v) is 4.21. The number of rotatable bonds is 3. The molecule has 0 saturated heterocycles. The van der Waals surface area contributed by atoms with E-state index in [0.29, 0.717) is 0 Å². The van der Waals surface area contributed by atoms with Crippen molar-refractivity contribution in [2.45, 2.75) is 19.9 Å². The van der Waals surface area contributed by atoms with Crippen LogP contribution in [0.15, 0.2) is 37.6 Å². The van der Waals surface area contributed by atoms with Crippen LogP contribution in [0.1, 0.15) is 28.7 Å². The summed E-state index contributed by atoms with van der Waals surface area (Å²) in [6.45, 7) is 4.05. The molecule has 0 aliphatic carbocycles. The zero-order chi connectivity index (χ0) is 13.3. The summed E-state index contributed by atoms with van der Waals surface area (Å²) in [5.41, 5.74) is 2.34. The molecule has 1 heterocycles. The number of furan rings is 1. The van der Waals surface area contributed by atoms with Crippen molar-refractivity contribution in [2.75, 3.05) is 7.05 Å². The van der Waals surface area contributed by atoms with Crippen molar-refractivity contribution >= 4 is 31.9 Å². The normalized spacial score (nSPS) is 12.7. The first-order valence-corrected chi connectivity index (χ1v) is 7.30. The van der Waals surface area contributed by atoms with Gasteiger partial charge in [-0.25, -0.2) is 0 Å².